The summed E-state index contributed by atoms with van der Waals surface area (Å²) in [6.45, 7) is 11.4. The molecule has 0 aromatic heterocycles. The van der Waals surface area contributed by atoms with E-state index < -0.39 is 5.60 Å². The van der Waals surface area contributed by atoms with Crippen molar-refractivity contribution >= 4 is 5.91 Å². The zero-order chi connectivity index (χ0) is 24.1. The largest absolute Gasteiger partial charge is 0.387 e. The van der Waals surface area contributed by atoms with Crippen LogP contribution in [0.1, 0.15) is 111 Å². The van der Waals surface area contributed by atoms with Crippen LogP contribution in [0.4, 0.5) is 0 Å². The number of amides is 1. The minimum Gasteiger partial charge on any atom is -0.387 e. The summed E-state index contributed by atoms with van der Waals surface area (Å²) in [5, 5.41) is 11.3. The number of nitrogens with zero attached hydrogens (tertiary/aromatic N) is 1. The van der Waals surface area contributed by atoms with Gasteiger partial charge in [-0.1, -0.05) is 13.8 Å². The van der Waals surface area contributed by atoms with Crippen LogP contribution in [0.5, 0.6) is 0 Å². The second-order valence-electron chi connectivity index (χ2n) is 13.4. The van der Waals surface area contributed by atoms with E-state index in [4.69, 9.17) is 4.74 Å². The quantitative estimate of drug-likeness (QED) is 0.517. The summed E-state index contributed by atoms with van der Waals surface area (Å²) in [7, 11) is 0. The lowest BCUT2D eigenvalue weighted by atomic mass is 9.42. The topological polar surface area (TPSA) is 49.8 Å². The molecule has 0 bridgehead atoms. The first-order valence-electron chi connectivity index (χ1n) is 14.9. The molecule has 1 saturated heterocycles. The highest BCUT2D eigenvalue weighted by Crippen LogP contribution is 2.69. The fourth-order valence-corrected chi connectivity index (χ4v) is 10.3. The van der Waals surface area contributed by atoms with E-state index in [2.05, 4.69) is 25.7 Å². The van der Waals surface area contributed by atoms with E-state index in [0.29, 0.717) is 42.4 Å². The van der Waals surface area contributed by atoms with E-state index in [-0.39, 0.29) is 11.3 Å². The van der Waals surface area contributed by atoms with E-state index in [1.54, 1.807) is 0 Å². The molecule has 1 N–H and O–H groups in total. The average molecular weight is 474 g/mol. The van der Waals surface area contributed by atoms with Crippen molar-refractivity contribution in [1.82, 2.24) is 4.90 Å². The van der Waals surface area contributed by atoms with Gasteiger partial charge in [0.15, 0.2) is 0 Å². The average Bonchev–Trinajstić information content (AvgIpc) is 3.19. The molecule has 5 aliphatic rings. The lowest BCUT2D eigenvalue weighted by Crippen LogP contribution is -2.58. The summed E-state index contributed by atoms with van der Waals surface area (Å²) in [5.74, 6) is 3.66. The molecule has 0 radical (unpaired) electrons. The molecule has 4 saturated carbocycles. The summed E-state index contributed by atoms with van der Waals surface area (Å²) in [5.41, 5.74) is -0.0287. The van der Waals surface area contributed by atoms with Gasteiger partial charge in [-0.15, -0.1) is 0 Å². The molecule has 194 valence electrons. The Balaban J connectivity index is 1.34. The van der Waals surface area contributed by atoms with Gasteiger partial charge in [0.2, 0.25) is 5.91 Å². The molecule has 0 spiro atoms. The smallest absolute Gasteiger partial charge is 0.226 e. The van der Waals surface area contributed by atoms with Crippen LogP contribution in [-0.2, 0) is 9.53 Å². The van der Waals surface area contributed by atoms with E-state index in [1.165, 1.54) is 57.8 Å². The first-order valence-corrected chi connectivity index (χ1v) is 14.9. The predicted octanol–water partition coefficient (Wildman–Crippen LogP) is 6.20. The van der Waals surface area contributed by atoms with E-state index in [1.807, 2.05) is 6.92 Å². The van der Waals surface area contributed by atoms with Crippen molar-refractivity contribution in [3.05, 3.63) is 0 Å². The lowest BCUT2D eigenvalue weighted by molar-refractivity contribution is -0.175. The maximum absolute atomic E-state index is 13.8. The van der Waals surface area contributed by atoms with Gasteiger partial charge in [-0.2, -0.15) is 0 Å². The Kier molecular flexibility index (Phi) is 6.90. The second-order valence-corrected chi connectivity index (χ2v) is 13.4. The van der Waals surface area contributed by atoms with Crippen LogP contribution in [0.15, 0.2) is 0 Å². The number of aliphatic hydroxyl groups is 1. The third kappa shape index (κ3) is 3.88. The second kappa shape index (κ2) is 9.36. The maximum atomic E-state index is 13.8. The molecule has 4 nitrogen and oxygen atoms in total. The Labute approximate surface area is 208 Å². The van der Waals surface area contributed by atoms with Crippen LogP contribution < -0.4 is 0 Å². The minimum absolute atomic E-state index is 0.196. The summed E-state index contributed by atoms with van der Waals surface area (Å²) < 4.78 is 5.70. The fraction of sp³-hybridized carbons (Fsp3) is 0.967. The lowest BCUT2D eigenvalue weighted by Gasteiger charge is -2.63. The zero-order valence-electron chi connectivity index (χ0n) is 22.5. The van der Waals surface area contributed by atoms with Crippen molar-refractivity contribution in [2.45, 2.75) is 123 Å². The van der Waals surface area contributed by atoms with Gasteiger partial charge in [0.25, 0.3) is 0 Å². The van der Waals surface area contributed by atoms with Crippen molar-refractivity contribution in [3.63, 3.8) is 0 Å². The molecular formula is C30H51NO3. The standard InChI is InChI=1S/C30H51NO3/c1-5-30-17-16-29(33,20-34-6-2)19-22(30)10-11-23-24-12-13-26(28(24,4)15-14-25(23)30)27(32)31-18-8-7-9-21(31)3/h21-26,33H,5-20H2,1-4H3/t21-,22+,23-,24-,25-,26+,28-,29+,30?/m0/s1. The Morgan fingerprint density at radius 1 is 1.00 bits per heavy atom. The molecule has 34 heavy (non-hydrogen) atoms. The maximum Gasteiger partial charge on any atom is 0.226 e. The van der Waals surface area contributed by atoms with Crippen molar-refractivity contribution in [2.75, 3.05) is 19.8 Å². The zero-order valence-corrected chi connectivity index (χ0v) is 22.5. The summed E-state index contributed by atoms with van der Waals surface area (Å²) in [4.78, 5) is 16.1. The third-order valence-corrected chi connectivity index (χ3v) is 12.1. The molecule has 1 unspecified atom stereocenters. The number of hydrogen-bond donors (Lipinski definition) is 1. The third-order valence-electron chi connectivity index (χ3n) is 12.1. The van der Waals surface area contributed by atoms with E-state index in [0.717, 1.165) is 44.1 Å². The Morgan fingerprint density at radius 3 is 2.56 bits per heavy atom. The number of hydrogen-bond acceptors (Lipinski definition) is 3. The first-order chi connectivity index (χ1) is 16.3. The first kappa shape index (κ1) is 25.1. The van der Waals surface area contributed by atoms with Gasteiger partial charge in [0.1, 0.15) is 0 Å². The number of likely N-dealkylation sites (tertiary alicyclic amines) is 1. The highest BCUT2D eigenvalue weighted by Gasteiger charge is 2.63. The SMILES string of the molecule is CCOC[C@@]1(O)CCC2(CC)[C@H](CC[C@@H]3[C@@H]2CC[C@]2(C)[C@@H](C(=O)N4CCCC[C@@H]4C)CC[C@@H]32)C1. The molecule has 5 fully saturated rings. The number of carbonyl (C=O) groups is 1. The Morgan fingerprint density at radius 2 is 1.82 bits per heavy atom. The molecule has 9 atom stereocenters. The molecule has 4 heteroatoms. The van der Waals surface area contributed by atoms with E-state index in [9.17, 15) is 9.90 Å². The van der Waals surface area contributed by atoms with Crippen LogP contribution in [-0.4, -0.2) is 47.3 Å². The van der Waals surface area contributed by atoms with E-state index >= 15 is 0 Å². The summed E-state index contributed by atoms with van der Waals surface area (Å²) in [6.07, 6.45) is 15.4. The molecule has 0 aromatic carbocycles. The number of piperidine rings is 1. The monoisotopic (exact) mass is 473 g/mol. The molecule has 1 aliphatic heterocycles. The van der Waals surface area contributed by atoms with Crippen LogP contribution in [0.3, 0.4) is 0 Å². The van der Waals surface area contributed by atoms with Crippen LogP contribution in [0, 0.1) is 40.4 Å². The molecule has 5 rings (SSSR count). The normalized spacial score (nSPS) is 48.7. The van der Waals surface area contributed by atoms with Gasteiger partial charge in [0, 0.05) is 25.1 Å². The Hall–Kier alpha value is -0.610. The predicted molar refractivity (Wildman–Crippen MR) is 136 cm³/mol. The Bertz CT molecular complexity index is 755. The molecular weight excluding hydrogens is 422 g/mol. The van der Waals surface area contributed by atoms with Crippen LogP contribution >= 0.6 is 0 Å². The minimum atomic E-state index is -0.620. The van der Waals surface area contributed by atoms with Crippen molar-refractivity contribution in [3.8, 4) is 0 Å². The van der Waals surface area contributed by atoms with Crippen molar-refractivity contribution in [1.29, 1.82) is 0 Å². The van der Waals surface area contributed by atoms with Crippen molar-refractivity contribution < 1.29 is 14.6 Å². The highest BCUT2D eigenvalue weighted by atomic mass is 16.5. The van der Waals surface area contributed by atoms with Gasteiger partial charge in [-0.3, -0.25) is 4.79 Å². The molecule has 1 heterocycles. The van der Waals surface area contributed by atoms with Gasteiger partial charge in [-0.05, 0) is 132 Å². The summed E-state index contributed by atoms with van der Waals surface area (Å²) in [6, 6.07) is 0.428. The number of ether oxygens (including phenoxy) is 1. The number of carbonyl (C=O) groups excluding carboxylic acids is 1. The van der Waals surface area contributed by atoms with Crippen LogP contribution in [0.2, 0.25) is 0 Å². The van der Waals surface area contributed by atoms with Gasteiger partial charge in [0.05, 0.1) is 12.2 Å². The number of rotatable bonds is 5. The van der Waals surface area contributed by atoms with Gasteiger partial charge >= 0.3 is 0 Å². The highest BCUT2D eigenvalue weighted by molar-refractivity contribution is 5.80. The van der Waals surface area contributed by atoms with Gasteiger partial charge < -0.3 is 14.7 Å². The molecule has 4 aliphatic carbocycles. The molecule has 1 amide bonds. The van der Waals surface area contributed by atoms with Gasteiger partial charge in [-0.25, -0.2) is 0 Å². The van der Waals surface area contributed by atoms with Crippen LogP contribution in [0.25, 0.3) is 0 Å². The van der Waals surface area contributed by atoms with Crippen molar-refractivity contribution in [2.24, 2.45) is 40.4 Å². The fourth-order valence-electron chi connectivity index (χ4n) is 10.3. The molecule has 0 aromatic rings. The summed E-state index contributed by atoms with van der Waals surface area (Å²) >= 11 is 0. The number of fused-ring (bicyclic) bond motifs is 5.